The number of aromatic nitrogens is 1. The molecule has 9 heteroatoms. The van der Waals surface area contributed by atoms with Crippen LogP contribution in [0.15, 0.2) is 24.5 Å². The van der Waals surface area contributed by atoms with E-state index in [1.165, 1.54) is 0 Å². The number of pyridine rings is 1. The molecule has 0 aromatic carbocycles. The number of hydrogen-bond acceptors (Lipinski definition) is 5. The summed E-state index contributed by atoms with van der Waals surface area (Å²) in [6.45, 7) is 0.0595. The maximum Gasteiger partial charge on any atom is 0.320 e. The van der Waals surface area contributed by atoms with Crippen LogP contribution in [-0.2, 0) is 21.5 Å². The summed E-state index contributed by atoms with van der Waals surface area (Å²) in [6, 6.07) is 2.35. The van der Waals surface area contributed by atoms with E-state index in [9.17, 15) is 13.2 Å². The minimum atomic E-state index is -3.68. The average molecular weight is 288 g/mol. The van der Waals surface area contributed by atoms with Crippen LogP contribution >= 0.6 is 0 Å². The molecule has 1 rings (SSSR count). The lowest BCUT2D eigenvalue weighted by Gasteiger charge is -2.09. The van der Waals surface area contributed by atoms with Crippen LogP contribution in [0.3, 0.4) is 0 Å². The van der Waals surface area contributed by atoms with E-state index in [0.29, 0.717) is 0 Å². The van der Waals surface area contributed by atoms with Gasteiger partial charge in [-0.15, -0.1) is 0 Å². The standard InChI is InChI=1S/C10H16N4O4S/c11-9(10(15)16)3-5-13-19(17,18)14-7-8-2-1-4-12-6-8/h1-2,4,6,9,13-14H,3,5,7,11H2,(H,15,16)/t9-/m0/s1. The minimum Gasteiger partial charge on any atom is -0.480 e. The molecule has 0 unspecified atom stereocenters. The van der Waals surface area contributed by atoms with Gasteiger partial charge in [-0.3, -0.25) is 9.78 Å². The van der Waals surface area contributed by atoms with Gasteiger partial charge < -0.3 is 10.8 Å². The van der Waals surface area contributed by atoms with Crippen molar-refractivity contribution in [1.82, 2.24) is 14.4 Å². The highest BCUT2D eigenvalue weighted by Gasteiger charge is 2.13. The van der Waals surface area contributed by atoms with Crippen molar-refractivity contribution in [2.45, 2.75) is 19.0 Å². The van der Waals surface area contributed by atoms with Gasteiger partial charge in [0.2, 0.25) is 0 Å². The summed E-state index contributed by atoms with van der Waals surface area (Å²) in [5.41, 5.74) is 5.97. The zero-order chi connectivity index (χ0) is 14.3. The number of nitrogens with zero attached hydrogens (tertiary/aromatic N) is 1. The number of nitrogens with two attached hydrogens (primary N) is 1. The van der Waals surface area contributed by atoms with Gasteiger partial charge >= 0.3 is 5.97 Å². The molecule has 1 atom stereocenters. The third-order valence-corrected chi connectivity index (χ3v) is 3.36. The van der Waals surface area contributed by atoms with Gasteiger partial charge in [-0.05, 0) is 18.1 Å². The van der Waals surface area contributed by atoms with Gasteiger partial charge in [-0.1, -0.05) is 6.07 Å². The fraction of sp³-hybridized carbons (Fsp3) is 0.400. The normalized spacial score (nSPS) is 13.1. The van der Waals surface area contributed by atoms with Crippen molar-refractivity contribution in [1.29, 1.82) is 0 Å². The number of carboxylic acids is 1. The molecule has 0 aliphatic carbocycles. The molecule has 1 aromatic heterocycles. The van der Waals surface area contributed by atoms with Crippen LogP contribution < -0.4 is 15.2 Å². The Kier molecular flexibility index (Phi) is 5.83. The second kappa shape index (κ2) is 7.14. The first kappa shape index (κ1) is 15.5. The summed E-state index contributed by atoms with van der Waals surface area (Å²) in [5.74, 6) is -1.16. The first-order chi connectivity index (χ1) is 8.91. The zero-order valence-electron chi connectivity index (χ0n) is 10.1. The average Bonchev–Trinajstić information content (AvgIpc) is 2.37. The molecule has 19 heavy (non-hydrogen) atoms. The van der Waals surface area contributed by atoms with Crippen LogP contribution in [-0.4, -0.2) is 37.1 Å². The molecule has 0 aliphatic heterocycles. The van der Waals surface area contributed by atoms with E-state index >= 15 is 0 Å². The zero-order valence-corrected chi connectivity index (χ0v) is 10.9. The fourth-order valence-corrected chi connectivity index (χ4v) is 2.05. The second-order valence-corrected chi connectivity index (χ2v) is 5.40. The van der Waals surface area contributed by atoms with E-state index in [2.05, 4.69) is 14.4 Å². The third kappa shape index (κ3) is 6.25. The number of nitrogens with one attached hydrogen (secondary N) is 2. The van der Waals surface area contributed by atoms with Gasteiger partial charge in [0.25, 0.3) is 10.2 Å². The predicted octanol–water partition coefficient (Wildman–Crippen LogP) is -1.19. The van der Waals surface area contributed by atoms with E-state index in [1.54, 1.807) is 24.5 Å². The van der Waals surface area contributed by atoms with Crippen molar-refractivity contribution in [2.75, 3.05) is 6.54 Å². The van der Waals surface area contributed by atoms with Crippen molar-refractivity contribution in [3.63, 3.8) is 0 Å². The molecular weight excluding hydrogens is 272 g/mol. The van der Waals surface area contributed by atoms with Gasteiger partial charge in [-0.25, -0.2) is 4.72 Å². The predicted molar refractivity (Wildman–Crippen MR) is 68.2 cm³/mol. The second-order valence-electron chi connectivity index (χ2n) is 3.81. The highest BCUT2D eigenvalue weighted by Crippen LogP contribution is 1.95. The monoisotopic (exact) mass is 288 g/mol. The lowest BCUT2D eigenvalue weighted by Crippen LogP contribution is -2.40. The molecule has 0 saturated carbocycles. The van der Waals surface area contributed by atoms with Crippen molar-refractivity contribution in [2.24, 2.45) is 5.73 Å². The van der Waals surface area contributed by atoms with Crippen LogP contribution in [0.2, 0.25) is 0 Å². The van der Waals surface area contributed by atoms with Gasteiger partial charge in [0.05, 0.1) is 0 Å². The van der Waals surface area contributed by atoms with Crippen molar-refractivity contribution >= 4 is 16.2 Å². The van der Waals surface area contributed by atoms with Crippen molar-refractivity contribution in [3.05, 3.63) is 30.1 Å². The van der Waals surface area contributed by atoms with Crippen LogP contribution in [0.5, 0.6) is 0 Å². The van der Waals surface area contributed by atoms with Crippen LogP contribution in [0.4, 0.5) is 0 Å². The lowest BCUT2D eigenvalue weighted by atomic mass is 10.2. The lowest BCUT2D eigenvalue weighted by molar-refractivity contribution is -0.138. The van der Waals surface area contributed by atoms with E-state index in [4.69, 9.17) is 10.8 Å². The first-order valence-electron chi connectivity index (χ1n) is 5.52. The van der Waals surface area contributed by atoms with E-state index in [1.807, 2.05) is 0 Å². The van der Waals surface area contributed by atoms with Crippen LogP contribution in [0.1, 0.15) is 12.0 Å². The Labute approximate surface area is 111 Å². The summed E-state index contributed by atoms with van der Waals surface area (Å²) < 4.78 is 27.6. The number of aliphatic carboxylic acids is 1. The highest BCUT2D eigenvalue weighted by atomic mass is 32.2. The molecule has 0 bridgehead atoms. The van der Waals surface area contributed by atoms with Gasteiger partial charge in [0.15, 0.2) is 0 Å². The summed E-state index contributed by atoms with van der Waals surface area (Å²) in [5, 5.41) is 8.54. The molecule has 106 valence electrons. The Bertz CT molecular complexity index is 506. The molecule has 0 aliphatic rings. The topological polar surface area (TPSA) is 134 Å². The summed E-state index contributed by atoms with van der Waals surface area (Å²) in [4.78, 5) is 14.3. The molecule has 0 amide bonds. The highest BCUT2D eigenvalue weighted by molar-refractivity contribution is 7.87. The van der Waals surface area contributed by atoms with E-state index < -0.39 is 22.2 Å². The first-order valence-corrected chi connectivity index (χ1v) is 7.00. The molecule has 1 aromatic rings. The summed E-state index contributed by atoms with van der Waals surface area (Å²) in [7, 11) is -3.68. The molecule has 5 N–H and O–H groups in total. The fourth-order valence-electron chi connectivity index (χ4n) is 1.20. The smallest absolute Gasteiger partial charge is 0.320 e. The van der Waals surface area contributed by atoms with E-state index in [-0.39, 0.29) is 19.5 Å². The van der Waals surface area contributed by atoms with Crippen LogP contribution in [0.25, 0.3) is 0 Å². The number of hydrogen-bond donors (Lipinski definition) is 4. The van der Waals surface area contributed by atoms with E-state index in [0.717, 1.165) is 5.56 Å². The third-order valence-electron chi connectivity index (χ3n) is 2.25. The molecule has 0 radical (unpaired) electrons. The quantitative estimate of drug-likeness (QED) is 0.475. The van der Waals surface area contributed by atoms with Gasteiger partial charge in [0.1, 0.15) is 6.04 Å². The summed E-state index contributed by atoms with van der Waals surface area (Å²) >= 11 is 0. The Hall–Kier alpha value is -1.55. The molecule has 1 heterocycles. The SMILES string of the molecule is N[C@@H](CCNS(=O)(=O)NCc1cccnc1)C(=O)O. The van der Waals surface area contributed by atoms with Crippen molar-refractivity contribution in [3.8, 4) is 0 Å². The number of carboxylic acid groups (broad SMARTS) is 1. The largest absolute Gasteiger partial charge is 0.480 e. The molecule has 0 fully saturated rings. The molecule has 8 nitrogen and oxygen atoms in total. The van der Waals surface area contributed by atoms with Gasteiger partial charge in [-0.2, -0.15) is 13.1 Å². The summed E-state index contributed by atoms with van der Waals surface area (Å²) in [6.07, 6.45) is 3.15. The Balaban J connectivity index is 2.34. The Morgan fingerprint density at radius 3 is 2.79 bits per heavy atom. The van der Waals surface area contributed by atoms with Crippen molar-refractivity contribution < 1.29 is 18.3 Å². The van der Waals surface area contributed by atoms with Crippen LogP contribution in [0, 0.1) is 0 Å². The molecule has 0 spiro atoms. The Morgan fingerprint density at radius 2 is 2.21 bits per heavy atom. The van der Waals surface area contributed by atoms with Gasteiger partial charge in [0, 0.05) is 25.5 Å². The maximum atomic E-state index is 11.5. The molecular formula is C10H16N4O4S. The number of rotatable bonds is 8. The number of carbonyl (C=O) groups is 1. The Morgan fingerprint density at radius 1 is 1.47 bits per heavy atom. The minimum absolute atomic E-state index is 0.0170. The maximum absolute atomic E-state index is 11.5. The molecule has 0 saturated heterocycles.